The molecule has 2 aromatic rings. The lowest BCUT2D eigenvalue weighted by atomic mass is 10.1. The number of rotatable bonds is 5. The SMILES string of the molecule is O[C@@H]1C[C@H](OCc2ccc(-c3cccs3)cc2)C[C@H]1N1CCOCC1. The fourth-order valence-electron chi connectivity index (χ4n) is 3.81. The summed E-state index contributed by atoms with van der Waals surface area (Å²) in [5, 5.41) is 12.5. The maximum absolute atomic E-state index is 10.4. The van der Waals surface area contributed by atoms with E-state index in [-0.39, 0.29) is 18.2 Å². The van der Waals surface area contributed by atoms with Gasteiger partial charge in [0.15, 0.2) is 0 Å². The van der Waals surface area contributed by atoms with Crippen LogP contribution in [0.5, 0.6) is 0 Å². The van der Waals surface area contributed by atoms with Gasteiger partial charge in [0.1, 0.15) is 0 Å². The molecule has 0 unspecified atom stereocenters. The van der Waals surface area contributed by atoms with Gasteiger partial charge in [0.25, 0.3) is 0 Å². The first-order valence-corrected chi connectivity index (χ1v) is 9.92. The molecule has 0 amide bonds. The van der Waals surface area contributed by atoms with Crippen molar-refractivity contribution in [2.75, 3.05) is 26.3 Å². The molecule has 2 aliphatic rings. The Labute approximate surface area is 153 Å². The van der Waals surface area contributed by atoms with Gasteiger partial charge in [-0.1, -0.05) is 30.3 Å². The van der Waals surface area contributed by atoms with Crippen LogP contribution in [0, 0.1) is 0 Å². The molecule has 1 aliphatic carbocycles. The molecule has 1 aromatic carbocycles. The van der Waals surface area contributed by atoms with Crippen molar-refractivity contribution in [3.8, 4) is 10.4 Å². The second kappa shape index (κ2) is 7.98. The second-order valence-corrected chi connectivity index (χ2v) is 7.81. The highest BCUT2D eigenvalue weighted by atomic mass is 32.1. The summed E-state index contributed by atoms with van der Waals surface area (Å²) in [4.78, 5) is 3.65. The smallest absolute Gasteiger partial charge is 0.0721 e. The number of hydrogen-bond acceptors (Lipinski definition) is 5. The third-order valence-corrected chi connectivity index (χ3v) is 6.13. The van der Waals surface area contributed by atoms with E-state index in [9.17, 15) is 5.11 Å². The molecule has 1 saturated carbocycles. The molecule has 1 aromatic heterocycles. The van der Waals surface area contributed by atoms with Gasteiger partial charge >= 0.3 is 0 Å². The zero-order valence-electron chi connectivity index (χ0n) is 14.3. The molecule has 25 heavy (non-hydrogen) atoms. The van der Waals surface area contributed by atoms with E-state index < -0.39 is 0 Å². The molecule has 4 rings (SSSR count). The first-order valence-electron chi connectivity index (χ1n) is 9.04. The van der Waals surface area contributed by atoms with Crippen molar-refractivity contribution in [3.63, 3.8) is 0 Å². The molecule has 0 spiro atoms. The van der Waals surface area contributed by atoms with Gasteiger partial charge in [-0.2, -0.15) is 0 Å². The highest BCUT2D eigenvalue weighted by molar-refractivity contribution is 7.13. The number of aliphatic hydroxyl groups excluding tert-OH is 1. The van der Waals surface area contributed by atoms with Crippen molar-refractivity contribution in [1.29, 1.82) is 0 Å². The molecule has 134 valence electrons. The summed E-state index contributed by atoms with van der Waals surface area (Å²) in [5.41, 5.74) is 2.44. The number of ether oxygens (including phenoxy) is 2. The molecule has 2 heterocycles. The summed E-state index contributed by atoms with van der Waals surface area (Å²) in [5.74, 6) is 0. The maximum atomic E-state index is 10.4. The van der Waals surface area contributed by atoms with Crippen LogP contribution < -0.4 is 0 Å². The number of morpholine rings is 1. The van der Waals surface area contributed by atoms with Crippen molar-refractivity contribution in [1.82, 2.24) is 4.90 Å². The summed E-state index contributed by atoms with van der Waals surface area (Å²) in [6.45, 7) is 3.98. The summed E-state index contributed by atoms with van der Waals surface area (Å²) < 4.78 is 11.5. The van der Waals surface area contributed by atoms with Gasteiger partial charge in [0, 0.05) is 30.4 Å². The number of hydrogen-bond donors (Lipinski definition) is 1. The van der Waals surface area contributed by atoms with Crippen LogP contribution in [0.2, 0.25) is 0 Å². The van der Waals surface area contributed by atoms with Gasteiger partial charge in [0.2, 0.25) is 0 Å². The van der Waals surface area contributed by atoms with Crippen molar-refractivity contribution >= 4 is 11.3 Å². The average Bonchev–Trinajstić information content (AvgIpc) is 3.31. The molecule has 0 bridgehead atoms. The fraction of sp³-hybridized carbons (Fsp3) is 0.500. The number of aliphatic hydroxyl groups is 1. The first-order chi connectivity index (χ1) is 12.3. The third kappa shape index (κ3) is 4.13. The summed E-state index contributed by atoms with van der Waals surface area (Å²) in [7, 11) is 0. The van der Waals surface area contributed by atoms with E-state index in [1.54, 1.807) is 11.3 Å². The van der Waals surface area contributed by atoms with Crippen LogP contribution in [0.4, 0.5) is 0 Å². The van der Waals surface area contributed by atoms with Crippen LogP contribution in [0.15, 0.2) is 41.8 Å². The van der Waals surface area contributed by atoms with E-state index in [0.29, 0.717) is 6.61 Å². The normalized spacial score (nSPS) is 27.6. The lowest BCUT2D eigenvalue weighted by Gasteiger charge is -2.33. The van der Waals surface area contributed by atoms with Gasteiger partial charge in [-0.3, -0.25) is 4.90 Å². The molecular weight excluding hydrogens is 334 g/mol. The molecule has 1 saturated heterocycles. The van der Waals surface area contributed by atoms with E-state index in [1.807, 2.05) is 0 Å². The minimum Gasteiger partial charge on any atom is -0.391 e. The van der Waals surface area contributed by atoms with Crippen molar-refractivity contribution in [3.05, 3.63) is 47.3 Å². The highest BCUT2D eigenvalue weighted by Gasteiger charge is 2.37. The van der Waals surface area contributed by atoms with E-state index in [4.69, 9.17) is 9.47 Å². The van der Waals surface area contributed by atoms with Gasteiger partial charge in [-0.15, -0.1) is 11.3 Å². The predicted octanol–water partition coefficient (Wildman–Crippen LogP) is 3.16. The zero-order chi connectivity index (χ0) is 17.1. The Morgan fingerprint density at radius 3 is 2.64 bits per heavy atom. The monoisotopic (exact) mass is 359 g/mol. The molecule has 1 aliphatic heterocycles. The Morgan fingerprint density at radius 2 is 1.92 bits per heavy atom. The first kappa shape index (κ1) is 17.2. The fourth-order valence-corrected chi connectivity index (χ4v) is 4.54. The van der Waals surface area contributed by atoms with E-state index in [0.717, 1.165) is 39.1 Å². The van der Waals surface area contributed by atoms with Crippen LogP contribution >= 0.6 is 11.3 Å². The molecule has 0 radical (unpaired) electrons. The average molecular weight is 359 g/mol. The summed E-state index contributed by atoms with van der Waals surface area (Å²) >= 11 is 1.76. The molecule has 4 nitrogen and oxygen atoms in total. The number of nitrogens with zero attached hydrogens (tertiary/aromatic N) is 1. The van der Waals surface area contributed by atoms with Crippen LogP contribution in [0.25, 0.3) is 10.4 Å². The van der Waals surface area contributed by atoms with Crippen molar-refractivity contribution < 1.29 is 14.6 Å². The largest absolute Gasteiger partial charge is 0.391 e. The van der Waals surface area contributed by atoms with Crippen LogP contribution in [0.1, 0.15) is 18.4 Å². The minimum atomic E-state index is -0.288. The number of benzene rings is 1. The Balaban J connectivity index is 1.29. The topological polar surface area (TPSA) is 41.9 Å². The Kier molecular flexibility index (Phi) is 5.48. The summed E-state index contributed by atoms with van der Waals surface area (Å²) in [6, 6.07) is 13.0. The standard InChI is InChI=1S/C20H25NO3S/c22-19-13-17(12-18(19)21-7-9-23-10-8-21)24-14-15-3-5-16(6-4-15)20-2-1-11-25-20/h1-6,11,17-19,22H,7-10,12-14H2/t17-,18-,19-/m1/s1. The van der Waals surface area contributed by atoms with E-state index >= 15 is 0 Å². The van der Waals surface area contributed by atoms with Gasteiger partial charge in [-0.25, -0.2) is 0 Å². The predicted molar refractivity (Wildman–Crippen MR) is 99.8 cm³/mol. The molecule has 2 fully saturated rings. The van der Waals surface area contributed by atoms with Crippen LogP contribution in [-0.2, 0) is 16.1 Å². The number of thiophene rings is 1. The molecule has 5 heteroatoms. The quantitative estimate of drug-likeness (QED) is 0.890. The van der Waals surface area contributed by atoms with Crippen LogP contribution in [0.3, 0.4) is 0 Å². The second-order valence-electron chi connectivity index (χ2n) is 6.86. The summed E-state index contributed by atoms with van der Waals surface area (Å²) in [6.07, 6.45) is 1.49. The van der Waals surface area contributed by atoms with Crippen molar-refractivity contribution in [2.24, 2.45) is 0 Å². The molecule has 3 atom stereocenters. The third-order valence-electron chi connectivity index (χ3n) is 5.21. The Bertz CT molecular complexity index is 652. The van der Waals surface area contributed by atoms with Gasteiger partial charge in [-0.05, 0) is 29.0 Å². The lowest BCUT2D eigenvalue weighted by Crippen LogP contribution is -2.46. The minimum absolute atomic E-state index is 0.139. The van der Waals surface area contributed by atoms with E-state index in [1.165, 1.54) is 16.0 Å². The van der Waals surface area contributed by atoms with Gasteiger partial charge in [0.05, 0.1) is 32.0 Å². The lowest BCUT2D eigenvalue weighted by molar-refractivity contribution is -0.0121. The maximum Gasteiger partial charge on any atom is 0.0721 e. The molecule has 1 N–H and O–H groups in total. The van der Waals surface area contributed by atoms with E-state index in [2.05, 4.69) is 46.7 Å². The van der Waals surface area contributed by atoms with Gasteiger partial charge < -0.3 is 14.6 Å². The Hall–Kier alpha value is -1.24. The Morgan fingerprint density at radius 1 is 1.12 bits per heavy atom. The van der Waals surface area contributed by atoms with Crippen molar-refractivity contribution in [2.45, 2.75) is 37.7 Å². The zero-order valence-corrected chi connectivity index (χ0v) is 15.2. The molecular formula is C20H25NO3S. The van der Waals surface area contributed by atoms with Crippen LogP contribution in [-0.4, -0.2) is 54.6 Å². The highest BCUT2D eigenvalue weighted by Crippen LogP contribution is 2.29.